The van der Waals surface area contributed by atoms with Gasteiger partial charge in [-0.05, 0) is 6.92 Å². The van der Waals surface area contributed by atoms with Crippen LogP contribution in [0.15, 0.2) is 0 Å². The highest BCUT2D eigenvalue weighted by atomic mass is 16.4. The summed E-state index contributed by atoms with van der Waals surface area (Å²) in [6, 6.07) is -1.07. The number of aliphatic carboxylic acids is 1. The van der Waals surface area contributed by atoms with Gasteiger partial charge in [0.05, 0.1) is 12.6 Å². The molecule has 0 aromatic heterocycles. The Kier molecular flexibility index (Phi) is 4.40. The molecule has 0 spiro atoms. The molecule has 0 aliphatic heterocycles. The van der Waals surface area contributed by atoms with Gasteiger partial charge in [0.1, 0.15) is 12.3 Å². The number of aliphatic hydroxyl groups excluding tert-OH is 1. The number of aliphatic hydroxyl groups is 1. The van der Waals surface area contributed by atoms with Crippen molar-refractivity contribution in [3.8, 4) is 0 Å². The third-order valence-electron chi connectivity index (χ3n) is 1.17. The topological polar surface area (TPSA) is 86.6 Å². The smallest absolute Gasteiger partial charge is 0.323 e. The van der Waals surface area contributed by atoms with Crippen LogP contribution in [-0.2, 0) is 9.59 Å². The first-order valence-electron chi connectivity index (χ1n) is 3.17. The van der Waals surface area contributed by atoms with Gasteiger partial charge < -0.3 is 15.0 Å². The van der Waals surface area contributed by atoms with Gasteiger partial charge in [0, 0.05) is 0 Å². The minimum absolute atomic E-state index is 0.0676. The number of aldehydes is 1. The average molecular weight is 161 g/mol. The van der Waals surface area contributed by atoms with Crippen LogP contribution in [0.5, 0.6) is 0 Å². The van der Waals surface area contributed by atoms with Crippen LogP contribution in [0.25, 0.3) is 0 Å². The van der Waals surface area contributed by atoms with Crippen molar-refractivity contribution in [3.63, 3.8) is 0 Å². The number of nitrogens with one attached hydrogen (secondary N) is 1. The van der Waals surface area contributed by atoms with E-state index in [-0.39, 0.29) is 6.54 Å². The fourth-order valence-corrected chi connectivity index (χ4v) is 0.639. The van der Waals surface area contributed by atoms with E-state index in [1.165, 1.54) is 6.92 Å². The molecule has 0 saturated heterocycles. The van der Waals surface area contributed by atoms with Gasteiger partial charge in [-0.1, -0.05) is 0 Å². The fraction of sp³-hybridized carbons (Fsp3) is 0.667. The van der Waals surface area contributed by atoms with Crippen LogP contribution < -0.4 is 5.32 Å². The lowest BCUT2D eigenvalue weighted by Gasteiger charge is -2.14. The lowest BCUT2D eigenvalue weighted by atomic mass is 10.2. The summed E-state index contributed by atoms with van der Waals surface area (Å²) in [5, 5.41) is 19.6. The van der Waals surface area contributed by atoms with Crippen molar-refractivity contribution >= 4 is 12.3 Å². The third kappa shape index (κ3) is 3.69. The zero-order chi connectivity index (χ0) is 8.85. The summed E-state index contributed by atoms with van der Waals surface area (Å²) < 4.78 is 0. The second-order valence-corrected chi connectivity index (χ2v) is 2.13. The van der Waals surface area contributed by atoms with Crippen LogP contribution >= 0.6 is 0 Å². The average Bonchev–Trinajstić information content (AvgIpc) is 1.87. The van der Waals surface area contributed by atoms with E-state index in [0.717, 1.165) is 0 Å². The molecule has 0 heterocycles. The molecule has 5 nitrogen and oxygen atoms in total. The zero-order valence-electron chi connectivity index (χ0n) is 6.15. The van der Waals surface area contributed by atoms with E-state index in [0.29, 0.717) is 6.29 Å². The van der Waals surface area contributed by atoms with Gasteiger partial charge in [0.25, 0.3) is 0 Å². The maximum absolute atomic E-state index is 10.3. The first-order valence-corrected chi connectivity index (χ1v) is 3.17. The van der Waals surface area contributed by atoms with Crippen molar-refractivity contribution in [2.45, 2.75) is 19.1 Å². The Bertz CT molecular complexity index is 146. The van der Waals surface area contributed by atoms with E-state index in [1.54, 1.807) is 0 Å². The van der Waals surface area contributed by atoms with Crippen LogP contribution in [0.3, 0.4) is 0 Å². The molecular formula is C6H11NO4. The van der Waals surface area contributed by atoms with Crippen molar-refractivity contribution in [3.05, 3.63) is 0 Å². The van der Waals surface area contributed by atoms with Crippen molar-refractivity contribution in [2.24, 2.45) is 0 Å². The molecule has 0 radical (unpaired) electrons. The van der Waals surface area contributed by atoms with E-state index >= 15 is 0 Å². The summed E-state index contributed by atoms with van der Waals surface area (Å²) in [7, 11) is 0. The first-order chi connectivity index (χ1) is 5.09. The van der Waals surface area contributed by atoms with E-state index in [4.69, 9.17) is 10.2 Å². The van der Waals surface area contributed by atoms with E-state index in [1.807, 2.05) is 0 Å². The number of carbonyl (C=O) groups excluding carboxylic acids is 1. The van der Waals surface area contributed by atoms with E-state index in [9.17, 15) is 9.59 Å². The molecule has 2 atom stereocenters. The maximum atomic E-state index is 10.3. The van der Waals surface area contributed by atoms with Gasteiger partial charge in [-0.3, -0.25) is 10.1 Å². The van der Waals surface area contributed by atoms with Gasteiger partial charge in [0.15, 0.2) is 0 Å². The molecular weight excluding hydrogens is 150 g/mol. The number of carboxylic acids is 1. The number of hydrogen-bond acceptors (Lipinski definition) is 4. The van der Waals surface area contributed by atoms with E-state index in [2.05, 4.69) is 5.32 Å². The Hall–Kier alpha value is -0.940. The molecule has 11 heavy (non-hydrogen) atoms. The lowest BCUT2D eigenvalue weighted by Crippen LogP contribution is -2.45. The highest BCUT2D eigenvalue weighted by Crippen LogP contribution is 1.91. The molecule has 5 heteroatoms. The van der Waals surface area contributed by atoms with Gasteiger partial charge in [0.2, 0.25) is 0 Å². The summed E-state index contributed by atoms with van der Waals surface area (Å²) in [6.07, 6.45) is -0.467. The predicted molar refractivity (Wildman–Crippen MR) is 37.2 cm³/mol. The summed E-state index contributed by atoms with van der Waals surface area (Å²) in [5.41, 5.74) is 0. The van der Waals surface area contributed by atoms with Crippen LogP contribution in [0.2, 0.25) is 0 Å². The van der Waals surface area contributed by atoms with Crippen LogP contribution in [-0.4, -0.2) is 41.2 Å². The van der Waals surface area contributed by atoms with Crippen molar-refractivity contribution in [2.75, 3.05) is 6.54 Å². The molecule has 0 aromatic rings. The van der Waals surface area contributed by atoms with Gasteiger partial charge in [-0.2, -0.15) is 0 Å². The molecule has 0 saturated carbocycles. The molecule has 0 bridgehead atoms. The minimum atomic E-state index is -1.16. The fourth-order valence-electron chi connectivity index (χ4n) is 0.639. The van der Waals surface area contributed by atoms with Gasteiger partial charge in [-0.25, -0.2) is 0 Å². The van der Waals surface area contributed by atoms with Crippen LogP contribution in [0.1, 0.15) is 6.92 Å². The Balaban J connectivity index is 3.89. The predicted octanol–water partition coefficient (Wildman–Crippen LogP) is -1.39. The number of hydrogen-bond donors (Lipinski definition) is 3. The van der Waals surface area contributed by atoms with Crippen molar-refractivity contribution in [1.82, 2.24) is 5.32 Å². The third-order valence-corrected chi connectivity index (χ3v) is 1.17. The summed E-state index contributed by atoms with van der Waals surface area (Å²) in [5.74, 6) is -1.16. The van der Waals surface area contributed by atoms with Crippen molar-refractivity contribution < 1.29 is 19.8 Å². The highest BCUT2D eigenvalue weighted by molar-refractivity contribution is 5.74. The second kappa shape index (κ2) is 4.81. The van der Waals surface area contributed by atoms with Crippen molar-refractivity contribution in [1.29, 1.82) is 0 Å². The van der Waals surface area contributed by atoms with Gasteiger partial charge in [-0.15, -0.1) is 0 Å². The standard InChI is InChI=1S/C6H11NO4/c1-4(9)5(6(10)11)7-2-3-8/h3-5,7,9H,2H2,1H3,(H,10,11)/t4-,5+/m1/s1. The summed E-state index contributed by atoms with van der Waals surface area (Å²) >= 11 is 0. The highest BCUT2D eigenvalue weighted by Gasteiger charge is 2.21. The van der Waals surface area contributed by atoms with Crippen LogP contribution in [0.4, 0.5) is 0 Å². The molecule has 0 amide bonds. The number of rotatable bonds is 5. The zero-order valence-corrected chi connectivity index (χ0v) is 6.15. The normalized spacial score (nSPS) is 15.5. The Labute approximate surface area is 64.0 Å². The summed E-state index contributed by atoms with van der Waals surface area (Å²) in [4.78, 5) is 20.1. The minimum Gasteiger partial charge on any atom is -0.480 e. The SMILES string of the molecule is C[C@@H](O)[C@H](NCC=O)C(=O)O. The molecule has 0 aliphatic carbocycles. The Morgan fingerprint density at radius 2 is 2.27 bits per heavy atom. The molecule has 3 N–H and O–H groups in total. The largest absolute Gasteiger partial charge is 0.480 e. The quantitative estimate of drug-likeness (QED) is 0.432. The Morgan fingerprint density at radius 1 is 1.73 bits per heavy atom. The van der Waals surface area contributed by atoms with Gasteiger partial charge >= 0.3 is 5.97 Å². The molecule has 0 unspecified atom stereocenters. The first kappa shape index (κ1) is 10.1. The number of carbonyl (C=O) groups is 2. The lowest BCUT2D eigenvalue weighted by molar-refractivity contribution is -0.142. The Morgan fingerprint density at radius 3 is 2.55 bits per heavy atom. The molecule has 0 fully saturated rings. The molecule has 64 valence electrons. The summed E-state index contributed by atoms with van der Waals surface area (Å²) in [6.45, 7) is 1.28. The molecule has 0 aliphatic rings. The van der Waals surface area contributed by atoms with E-state index < -0.39 is 18.1 Å². The molecule has 0 rings (SSSR count). The number of carboxylic acid groups (broad SMARTS) is 1. The monoisotopic (exact) mass is 161 g/mol. The molecule has 0 aromatic carbocycles. The van der Waals surface area contributed by atoms with Crippen LogP contribution in [0, 0.1) is 0 Å². The maximum Gasteiger partial charge on any atom is 0.323 e. The second-order valence-electron chi connectivity index (χ2n) is 2.13.